The molecule has 0 aliphatic carbocycles. The normalized spacial score (nSPS) is 19.2. The van der Waals surface area contributed by atoms with E-state index in [0.29, 0.717) is 25.2 Å². The first-order valence-electron chi connectivity index (χ1n) is 10.7. The monoisotopic (exact) mass is 407 g/mol. The molecule has 1 atom stereocenters. The predicted molar refractivity (Wildman–Crippen MR) is 117 cm³/mol. The summed E-state index contributed by atoms with van der Waals surface area (Å²) in [6.45, 7) is 5.35. The van der Waals surface area contributed by atoms with Crippen LogP contribution in [0.15, 0.2) is 48.5 Å². The average Bonchev–Trinajstić information content (AvgIpc) is 3.27. The minimum absolute atomic E-state index is 0.0142. The highest BCUT2D eigenvalue weighted by molar-refractivity contribution is 5.98. The molecule has 2 aromatic rings. The number of ether oxygens (including phenoxy) is 1. The quantitative estimate of drug-likeness (QED) is 0.794. The van der Waals surface area contributed by atoms with E-state index in [4.69, 9.17) is 4.74 Å². The Morgan fingerprint density at radius 3 is 2.80 bits per heavy atom. The van der Waals surface area contributed by atoms with Crippen molar-refractivity contribution in [2.45, 2.75) is 38.8 Å². The maximum Gasteiger partial charge on any atom is 0.324 e. The molecule has 0 unspecified atom stereocenters. The molecule has 1 N–H and O–H groups in total. The predicted octanol–water partition coefficient (Wildman–Crippen LogP) is 3.74. The zero-order valence-electron chi connectivity index (χ0n) is 17.5. The molecule has 0 radical (unpaired) electrons. The number of urea groups is 1. The summed E-state index contributed by atoms with van der Waals surface area (Å²) in [7, 11) is 0. The van der Waals surface area contributed by atoms with Crippen LogP contribution < -0.4 is 10.2 Å². The van der Waals surface area contributed by atoms with Gasteiger partial charge in [-0.05, 0) is 49.9 Å². The van der Waals surface area contributed by atoms with Crippen LogP contribution >= 0.6 is 0 Å². The molecule has 0 aromatic heterocycles. The van der Waals surface area contributed by atoms with Crippen molar-refractivity contribution in [3.8, 4) is 0 Å². The first-order chi connectivity index (χ1) is 14.6. The molecule has 30 heavy (non-hydrogen) atoms. The third-order valence-electron chi connectivity index (χ3n) is 5.70. The van der Waals surface area contributed by atoms with Crippen molar-refractivity contribution >= 4 is 17.6 Å². The van der Waals surface area contributed by atoms with Crippen LogP contribution in [0.25, 0.3) is 0 Å². The molecular weight excluding hydrogens is 378 g/mol. The van der Waals surface area contributed by atoms with E-state index in [-0.39, 0.29) is 18.0 Å². The topological polar surface area (TPSA) is 61.9 Å². The molecule has 2 aromatic carbocycles. The summed E-state index contributed by atoms with van der Waals surface area (Å²) in [6.07, 6.45) is 3.04. The number of nitrogens with one attached hydrogen (secondary N) is 1. The van der Waals surface area contributed by atoms with E-state index in [0.717, 1.165) is 43.7 Å². The first-order valence-corrected chi connectivity index (χ1v) is 10.7. The minimum Gasteiger partial charge on any atom is -0.376 e. The Labute approximate surface area is 177 Å². The minimum atomic E-state index is -0.131. The molecule has 2 aliphatic rings. The number of amides is 3. The maximum absolute atomic E-state index is 13.1. The van der Waals surface area contributed by atoms with Gasteiger partial charge in [-0.15, -0.1) is 0 Å². The summed E-state index contributed by atoms with van der Waals surface area (Å²) in [4.78, 5) is 29.4. The van der Waals surface area contributed by atoms with E-state index in [2.05, 4.69) is 30.4 Å². The zero-order chi connectivity index (χ0) is 20.9. The fourth-order valence-electron chi connectivity index (χ4n) is 4.13. The van der Waals surface area contributed by atoms with Crippen molar-refractivity contribution in [3.63, 3.8) is 0 Å². The number of nitrogens with zero attached hydrogens (tertiary/aromatic N) is 2. The molecule has 6 nitrogen and oxygen atoms in total. The van der Waals surface area contributed by atoms with Gasteiger partial charge in [0.25, 0.3) is 5.91 Å². The van der Waals surface area contributed by atoms with E-state index in [1.54, 1.807) is 17.0 Å². The van der Waals surface area contributed by atoms with Gasteiger partial charge in [0.2, 0.25) is 0 Å². The third kappa shape index (κ3) is 4.82. The van der Waals surface area contributed by atoms with Gasteiger partial charge in [0.05, 0.1) is 6.10 Å². The first kappa shape index (κ1) is 20.4. The molecular formula is C24H29N3O3. The van der Waals surface area contributed by atoms with Crippen LogP contribution in [0.2, 0.25) is 0 Å². The van der Waals surface area contributed by atoms with E-state index in [1.165, 1.54) is 5.56 Å². The van der Waals surface area contributed by atoms with Gasteiger partial charge in [0.1, 0.15) is 0 Å². The lowest BCUT2D eigenvalue weighted by molar-refractivity contribution is 0.0857. The van der Waals surface area contributed by atoms with Crippen LogP contribution in [-0.2, 0) is 11.3 Å². The number of aryl methyl sites for hydroxylation is 1. The summed E-state index contributed by atoms with van der Waals surface area (Å²) in [6, 6.07) is 15.6. The molecule has 2 fully saturated rings. The Bertz CT molecular complexity index is 908. The lowest BCUT2D eigenvalue weighted by atomic mass is 10.1. The van der Waals surface area contributed by atoms with Crippen molar-refractivity contribution < 1.29 is 14.3 Å². The summed E-state index contributed by atoms with van der Waals surface area (Å²) in [5.41, 5.74) is 3.65. The highest BCUT2D eigenvalue weighted by Crippen LogP contribution is 2.23. The molecule has 2 aliphatic heterocycles. The van der Waals surface area contributed by atoms with Crippen LogP contribution in [0.5, 0.6) is 0 Å². The van der Waals surface area contributed by atoms with Gasteiger partial charge in [-0.1, -0.05) is 35.9 Å². The highest BCUT2D eigenvalue weighted by atomic mass is 16.5. The Balaban J connectivity index is 1.43. The number of hydrogen-bond donors (Lipinski definition) is 1. The molecule has 2 saturated heterocycles. The summed E-state index contributed by atoms with van der Waals surface area (Å²) in [5, 5.41) is 2.95. The van der Waals surface area contributed by atoms with E-state index < -0.39 is 0 Å². The zero-order valence-corrected chi connectivity index (χ0v) is 17.5. The lowest BCUT2D eigenvalue weighted by Crippen LogP contribution is -2.49. The van der Waals surface area contributed by atoms with Gasteiger partial charge >= 0.3 is 6.03 Å². The van der Waals surface area contributed by atoms with Crippen molar-refractivity contribution in [2.24, 2.45) is 0 Å². The van der Waals surface area contributed by atoms with Crippen molar-refractivity contribution in [2.75, 3.05) is 31.1 Å². The Morgan fingerprint density at radius 2 is 2.00 bits per heavy atom. The molecule has 0 bridgehead atoms. The summed E-state index contributed by atoms with van der Waals surface area (Å²) >= 11 is 0. The van der Waals surface area contributed by atoms with Gasteiger partial charge in [0, 0.05) is 44.0 Å². The molecule has 4 rings (SSSR count). The van der Waals surface area contributed by atoms with E-state index in [1.807, 2.05) is 23.1 Å². The van der Waals surface area contributed by atoms with Crippen LogP contribution in [0.4, 0.5) is 10.5 Å². The number of carbonyl (C=O) groups is 2. The number of hydrogen-bond acceptors (Lipinski definition) is 3. The van der Waals surface area contributed by atoms with Gasteiger partial charge in [-0.3, -0.25) is 9.69 Å². The van der Waals surface area contributed by atoms with E-state index in [9.17, 15) is 9.59 Å². The number of benzene rings is 2. The summed E-state index contributed by atoms with van der Waals surface area (Å²) in [5.74, 6) is -0.131. The second-order valence-corrected chi connectivity index (χ2v) is 8.09. The van der Waals surface area contributed by atoms with E-state index >= 15 is 0 Å². The maximum atomic E-state index is 13.1. The smallest absolute Gasteiger partial charge is 0.324 e. The second kappa shape index (κ2) is 9.30. The van der Waals surface area contributed by atoms with Crippen LogP contribution in [0, 0.1) is 6.92 Å². The molecule has 6 heteroatoms. The summed E-state index contributed by atoms with van der Waals surface area (Å²) < 4.78 is 5.57. The van der Waals surface area contributed by atoms with Gasteiger partial charge in [-0.2, -0.15) is 0 Å². The number of anilines is 1. The molecule has 3 amide bonds. The largest absolute Gasteiger partial charge is 0.376 e. The van der Waals surface area contributed by atoms with Crippen molar-refractivity contribution in [1.82, 2.24) is 10.2 Å². The van der Waals surface area contributed by atoms with Crippen LogP contribution in [-0.4, -0.2) is 49.2 Å². The average molecular weight is 408 g/mol. The van der Waals surface area contributed by atoms with Crippen LogP contribution in [0.1, 0.15) is 40.7 Å². The van der Waals surface area contributed by atoms with Gasteiger partial charge < -0.3 is 15.0 Å². The number of rotatable bonds is 6. The van der Waals surface area contributed by atoms with Crippen molar-refractivity contribution in [1.29, 1.82) is 0 Å². The molecule has 158 valence electrons. The number of carbonyl (C=O) groups excluding carboxylic acids is 2. The van der Waals surface area contributed by atoms with Gasteiger partial charge in [0.15, 0.2) is 0 Å². The second-order valence-electron chi connectivity index (χ2n) is 8.09. The Hall–Kier alpha value is -2.86. The Kier molecular flexibility index (Phi) is 6.33. The highest BCUT2D eigenvalue weighted by Gasteiger charge is 2.27. The third-order valence-corrected chi connectivity index (χ3v) is 5.70. The van der Waals surface area contributed by atoms with Crippen molar-refractivity contribution in [3.05, 3.63) is 65.2 Å². The molecule has 0 saturated carbocycles. The fraction of sp³-hybridized carbons (Fsp3) is 0.417. The standard InChI is InChI=1S/C24H29N3O3/c1-18-6-2-7-19(14-18)17-26-11-5-12-27(24(26)29)21-9-3-8-20(15-21)23(28)25-16-22-10-4-13-30-22/h2-3,6-9,14-15,22H,4-5,10-13,16-17H2,1H3,(H,25,28)/t22-/m1/s1. The van der Waals surface area contributed by atoms with Gasteiger partial charge in [-0.25, -0.2) is 4.79 Å². The lowest BCUT2D eigenvalue weighted by Gasteiger charge is -2.36. The molecule has 0 spiro atoms. The van der Waals surface area contributed by atoms with Crippen LogP contribution in [0.3, 0.4) is 0 Å². The fourth-order valence-corrected chi connectivity index (χ4v) is 4.13. The SMILES string of the molecule is Cc1cccc(CN2CCCN(c3cccc(C(=O)NC[C@H]4CCCO4)c3)C2=O)c1. The Morgan fingerprint density at radius 1 is 1.13 bits per heavy atom. The molecule has 2 heterocycles.